The molecule has 0 aliphatic rings. The second-order valence-electron chi connectivity index (χ2n) is 4.17. The van der Waals surface area contributed by atoms with E-state index in [4.69, 9.17) is 0 Å². The lowest BCUT2D eigenvalue weighted by atomic mass is 10.1. The molecule has 0 atom stereocenters. The first kappa shape index (κ1) is 15.7. The molecule has 0 N–H and O–H groups in total. The first-order valence-corrected chi connectivity index (χ1v) is 7.75. The highest BCUT2D eigenvalue weighted by atomic mass is 32.2. The molecule has 0 heterocycles. The van der Waals surface area contributed by atoms with Crippen LogP contribution in [-0.2, 0) is 25.5 Å². The topological polar surface area (TPSA) is 69.7 Å². The average molecular weight is 286 g/mol. The molecule has 0 saturated carbocycles. The van der Waals surface area contributed by atoms with Crippen molar-refractivity contribution in [3.8, 4) is 0 Å². The normalized spacial score (nSPS) is 11.3. The molecule has 0 spiro atoms. The smallest absolute Gasteiger partial charge is 0.337 e. The second kappa shape index (κ2) is 7.25. The average Bonchev–Trinajstić information content (AvgIpc) is 2.37. The number of ether oxygens (including phenoxy) is 1. The van der Waals surface area contributed by atoms with Crippen LogP contribution in [0.4, 0.5) is 0 Å². The number of benzene rings is 1. The van der Waals surface area contributed by atoms with Gasteiger partial charge in [0.05, 0.1) is 25.5 Å². The van der Waals surface area contributed by atoms with E-state index in [9.17, 15) is 13.2 Å². The van der Waals surface area contributed by atoms with Gasteiger partial charge in [0.2, 0.25) is 0 Å². The summed E-state index contributed by atoms with van der Waals surface area (Å²) in [6.45, 7) is 0.207. The summed E-state index contributed by atoms with van der Waals surface area (Å²) in [7, 11) is -1.99. The second-order valence-corrected chi connectivity index (χ2v) is 5.82. The summed E-state index contributed by atoms with van der Waals surface area (Å²) >= 11 is 0. The predicted octanol–water partition coefficient (Wildman–Crippen LogP) is 1.77. The first-order chi connectivity index (χ1) is 8.92. The van der Waals surface area contributed by atoms with Gasteiger partial charge in [0.15, 0.2) is 0 Å². The molecule has 0 aliphatic carbocycles. The molecule has 6 heteroatoms. The number of hydrogen-bond acceptors (Lipinski definition) is 5. The quantitative estimate of drug-likeness (QED) is 0.434. The summed E-state index contributed by atoms with van der Waals surface area (Å²) in [6, 6.07) is 7.16. The van der Waals surface area contributed by atoms with Crippen molar-refractivity contribution < 1.29 is 22.1 Å². The maximum atomic E-state index is 11.2. The predicted molar refractivity (Wildman–Crippen MR) is 71.5 cm³/mol. The summed E-state index contributed by atoms with van der Waals surface area (Å²) in [5.74, 6) is -0.354. The molecule has 0 amide bonds. The van der Waals surface area contributed by atoms with Gasteiger partial charge >= 0.3 is 5.97 Å². The van der Waals surface area contributed by atoms with Gasteiger partial charge in [-0.2, -0.15) is 8.42 Å². The zero-order valence-corrected chi connectivity index (χ0v) is 11.9. The van der Waals surface area contributed by atoms with Crippen LogP contribution in [0.5, 0.6) is 0 Å². The molecule has 5 nitrogen and oxygen atoms in total. The Kier molecular flexibility index (Phi) is 5.98. The van der Waals surface area contributed by atoms with Crippen LogP contribution in [0.2, 0.25) is 0 Å². The molecular weight excluding hydrogens is 268 g/mol. The van der Waals surface area contributed by atoms with Crippen molar-refractivity contribution in [2.75, 3.05) is 20.0 Å². The van der Waals surface area contributed by atoms with Crippen molar-refractivity contribution in [1.29, 1.82) is 0 Å². The van der Waals surface area contributed by atoms with Gasteiger partial charge in [-0.25, -0.2) is 4.79 Å². The summed E-state index contributed by atoms with van der Waals surface area (Å²) in [4.78, 5) is 11.2. The maximum Gasteiger partial charge on any atom is 0.337 e. The van der Waals surface area contributed by atoms with Gasteiger partial charge in [-0.15, -0.1) is 0 Å². The van der Waals surface area contributed by atoms with Crippen molar-refractivity contribution in [3.05, 3.63) is 35.4 Å². The summed E-state index contributed by atoms with van der Waals surface area (Å²) in [6.07, 6.45) is 3.35. The van der Waals surface area contributed by atoms with E-state index in [1.54, 1.807) is 12.1 Å². The van der Waals surface area contributed by atoms with Crippen molar-refractivity contribution >= 4 is 16.1 Å². The summed E-state index contributed by atoms with van der Waals surface area (Å²) in [5, 5.41) is 0. The van der Waals surface area contributed by atoms with Crippen LogP contribution in [0.25, 0.3) is 0 Å². The van der Waals surface area contributed by atoms with E-state index in [1.165, 1.54) is 7.11 Å². The van der Waals surface area contributed by atoms with Gasteiger partial charge < -0.3 is 4.74 Å². The molecule has 0 bridgehead atoms. The van der Waals surface area contributed by atoms with Crippen LogP contribution in [0.1, 0.15) is 28.8 Å². The fourth-order valence-corrected chi connectivity index (χ4v) is 1.99. The Morgan fingerprint density at radius 1 is 1.16 bits per heavy atom. The lowest BCUT2D eigenvalue weighted by Crippen LogP contribution is -2.04. The molecule has 0 aliphatic heterocycles. The fourth-order valence-electron chi connectivity index (χ4n) is 1.57. The molecule has 106 valence electrons. The van der Waals surface area contributed by atoms with E-state index in [0.29, 0.717) is 12.0 Å². The zero-order valence-electron chi connectivity index (χ0n) is 11.1. The highest BCUT2D eigenvalue weighted by Crippen LogP contribution is 2.09. The Balaban J connectivity index is 2.32. The monoisotopic (exact) mass is 286 g/mol. The Morgan fingerprint density at radius 2 is 1.79 bits per heavy atom. The molecule has 0 unspecified atom stereocenters. The Hall–Kier alpha value is -1.40. The lowest BCUT2D eigenvalue weighted by Gasteiger charge is -2.04. The molecule has 1 aromatic carbocycles. The van der Waals surface area contributed by atoms with Crippen LogP contribution in [0, 0.1) is 0 Å². The SMILES string of the molecule is COC(=O)c1ccc(CCCCOS(C)(=O)=O)cc1. The molecule has 1 rings (SSSR count). The van der Waals surface area contributed by atoms with Crippen LogP contribution >= 0.6 is 0 Å². The molecule has 1 aromatic rings. The van der Waals surface area contributed by atoms with E-state index >= 15 is 0 Å². The van der Waals surface area contributed by atoms with Crippen molar-refractivity contribution in [2.45, 2.75) is 19.3 Å². The van der Waals surface area contributed by atoms with Crippen LogP contribution in [0.15, 0.2) is 24.3 Å². The van der Waals surface area contributed by atoms with Gasteiger partial charge in [-0.1, -0.05) is 12.1 Å². The number of hydrogen-bond donors (Lipinski definition) is 0. The minimum Gasteiger partial charge on any atom is -0.465 e. The van der Waals surface area contributed by atoms with Gasteiger partial charge in [-0.05, 0) is 37.0 Å². The summed E-state index contributed by atoms with van der Waals surface area (Å²) in [5.41, 5.74) is 1.61. The zero-order chi connectivity index (χ0) is 14.3. The lowest BCUT2D eigenvalue weighted by molar-refractivity contribution is 0.0600. The fraction of sp³-hybridized carbons (Fsp3) is 0.462. The number of esters is 1. The Bertz CT molecular complexity index is 504. The van der Waals surface area contributed by atoms with Crippen LogP contribution in [-0.4, -0.2) is 34.4 Å². The number of carbonyl (C=O) groups is 1. The minimum absolute atomic E-state index is 0.207. The van der Waals surface area contributed by atoms with E-state index < -0.39 is 10.1 Å². The number of methoxy groups -OCH3 is 1. The van der Waals surface area contributed by atoms with E-state index in [-0.39, 0.29) is 12.6 Å². The van der Waals surface area contributed by atoms with E-state index in [0.717, 1.165) is 24.7 Å². The Morgan fingerprint density at radius 3 is 2.32 bits per heavy atom. The van der Waals surface area contributed by atoms with E-state index in [2.05, 4.69) is 8.92 Å². The van der Waals surface area contributed by atoms with Crippen molar-refractivity contribution in [3.63, 3.8) is 0 Å². The van der Waals surface area contributed by atoms with Crippen molar-refractivity contribution in [2.24, 2.45) is 0 Å². The first-order valence-electron chi connectivity index (χ1n) is 5.94. The number of carbonyl (C=O) groups excluding carboxylic acids is 1. The molecule has 19 heavy (non-hydrogen) atoms. The van der Waals surface area contributed by atoms with E-state index in [1.807, 2.05) is 12.1 Å². The third kappa shape index (κ3) is 6.35. The van der Waals surface area contributed by atoms with Gasteiger partial charge in [0.1, 0.15) is 0 Å². The van der Waals surface area contributed by atoms with Gasteiger partial charge in [0.25, 0.3) is 10.1 Å². The third-order valence-corrected chi connectivity index (χ3v) is 3.13. The summed E-state index contributed by atoms with van der Waals surface area (Å²) < 4.78 is 30.7. The molecule has 0 aromatic heterocycles. The highest BCUT2D eigenvalue weighted by molar-refractivity contribution is 7.85. The van der Waals surface area contributed by atoms with Crippen LogP contribution in [0.3, 0.4) is 0 Å². The maximum absolute atomic E-state index is 11.2. The number of aryl methyl sites for hydroxylation is 1. The van der Waals surface area contributed by atoms with Gasteiger partial charge in [0, 0.05) is 0 Å². The highest BCUT2D eigenvalue weighted by Gasteiger charge is 2.04. The third-order valence-electron chi connectivity index (χ3n) is 2.53. The largest absolute Gasteiger partial charge is 0.465 e. The molecular formula is C13H18O5S. The van der Waals surface area contributed by atoms with Crippen LogP contribution < -0.4 is 0 Å². The van der Waals surface area contributed by atoms with Crippen molar-refractivity contribution in [1.82, 2.24) is 0 Å². The molecule has 0 fully saturated rings. The molecule has 0 radical (unpaired) electrons. The minimum atomic E-state index is -3.34. The standard InChI is InChI=1S/C13H18O5S/c1-17-13(14)12-8-6-11(7-9-12)5-3-4-10-18-19(2,15)16/h6-9H,3-5,10H2,1-2H3. The van der Waals surface area contributed by atoms with Gasteiger partial charge in [-0.3, -0.25) is 4.18 Å². The molecule has 0 saturated heterocycles. The Labute approximate surface area is 113 Å². The number of unbranched alkanes of at least 4 members (excludes halogenated alkanes) is 1. The number of rotatable bonds is 7.